The van der Waals surface area contributed by atoms with Crippen LogP contribution in [0, 0.1) is 0 Å². The Morgan fingerprint density at radius 3 is 1.21 bits per heavy atom. The molecule has 0 atom stereocenters. The van der Waals surface area contributed by atoms with E-state index in [-0.39, 0.29) is 0 Å². The molecule has 0 saturated carbocycles. The molecule has 71 heavy (non-hydrogen) atoms. The molecule has 0 unspecified atom stereocenters. The lowest BCUT2D eigenvalue weighted by atomic mass is 10.1. The van der Waals surface area contributed by atoms with Gasteiger partial charge in [0.05, 0.1) is 17.7 Å². The molecule has 0 aliphatic heterocycles. The van der Waals surface area contributed by atoms with Gasteiger partial charge in [0, 0.05) is 104 Å². The van der Waals surface area contributed by atoms with Crippen molar-refractivity contribution in [1.82, 2.24) is 65.0 Å². The van der Waals surface area contributed by atoms with Gasteiger partial charge in [-0.05, 0) is 107 Å². The molecule has 0 bridgehead atoms. The molecule has 1 N–H and O–H groups in total. The monoisotopic (exact) mass is 962 g/mol. The predicted molar refractivity (Wildman–Crippen MR) is 292 cm³/mol. The van der Waals surface area contributed by atoms with Gasteiger partial charge in [-0.3, -0.25) is 24.9 Å². The summed E-state index contributed by atoms with van der Waals surface area (Å²) in [5.74, 6) is 5.16. The van der Waals surface area contributed by atoms with Crippen LogP contribution in [0.25, 0.3) is 0 Å². The van der Waals surface area contributed by atoms with Gasteiger partial charge in [-0.15, -0.1) is 0 Å². The lowest BCUT2D eigenvalue weighted by Gasteiger charge is -2.01. The average Bonchev–Trinajstić information content (AvgIpc) is 3.96. The van der Waals surface area contributed by atoms with E-state index in [9.17, 15) is 0 Å². The van der Waals surface area contributed by atoms with Crippen molar-refractivity contribution < 1.29 is 0 Å². The Balaban J connectivity index is 0.000000406. The van der Waals surface area contributed by atoms with Gasteiger partial charge in [0.15, 0.2) is 0 Å². The van der Waals surface area contributed by atoms with Crippen molar-refractivity contribution in [2.24, 2.45) is 0 Å². The third kappa shape index (κ3) is 30.3. The van der Waals surface area contributed by atoms with Gasteiger partial charge in [0.25, 0.3) is 0 Å². The molecular weight excluding hydrogens is 879 g/mol. The number of H-pyrrole nitrogens is 1. The van der Waals surface area contributed by atoms with Crippen LogP contribution in [0.2, 0.25) is 0 Å². The number of imidazole rings is 1. The summed E-state index contributed by atoms with van der Waals surface area (Å²) in [6, 6.07) is 21.8. The van der Waals surface area contributed by atoms with Crippen LogP contribution < -0.4 is 0 Å². The van der Waals surface area contributed by atoms with Crippen molar-refractivity contribution >= 4 is 0 Å². The van der Waals surface area contributed by atoms with Crippen molar-refractivity contribution in [2.45, 2.75) is 158 Å². The fraction of sp³-hybridized carbons (Fsp3) is 0.414. The second-order valence-electron chi connectivity index (χ2n) is 18.6. The van der Waals surface area contributed by atoms with E-state index in [1.54, 1.807) is 62.2 Å². The summed E-state index contributed by atoms with van der Waals surface area (Å²) in [5, 5.41) is 7.68. The molecule has 8 aromatic heterocycles. The van der Waals surface area contributed by atoms with E-state index in [2.05, 4.69) is 182 Å². The van der Waals surface area contributed by atoms with Crippen LogP contribution in [0.3, 0.4) is 0 Å². The minimum atomic E-state index is 0.436. The largest absolute Gasteiger partial charge is 0.348 e. The number of rotatable bonds is 8. The quantitative estimate of drug-likeness (QED) is 0.153. The highest BCUT2D eigenvalue weighted by Gasteiger charge is 2.01. The molecule has 0 amide bonds. The van der Waals surface area contributed by atoms with Gasteiger partial charge in [-0.25, -0.2) is 24.9 Å². The predicted octanol–water partition coefficient (Wildman–Crippen LogP) is 14.5. The average molecular weight is 962 g/mol. The number of hydrogen-bond donors (Lipinski definition) is 1. The van der Waals surface area contributed by atoms with Crippen molar-refractivity contribution in [3.8, 4) is 0 Å². The summed E-state index contributed by atoms with van der Waals surface area (Å²) in [6.07, 6.45) is 26.5. The summed E-state index contributed by atoms with van der Waals surface area (Å²) in [4.78, 5) is 43.1. The lowest BCUT2D eigenvalue weighted by molar-refractivity contribution is 0.774. The van der Waals surface area contributed by atoms with E-state index in [4.69, 9.17) is 0 Å². The molecule has 0 radical (unpaired) electrons. The van der Waals surface area contributed by atoms with Gasteiger partial charge in [-0.2, -0.15) is 10.2 Å². The summed E-state index contributed by atoms with van der Waals surface area (Å²) in [7, 11) is 0. The maximum Gasteiger partial charge on any atom is 0.130 e. The Morgan fingerprint density at radius 1 is 0.324 bits per heavy atom. The van der Waals surface area contributed by atoms with Crippen LogP contribution in [0.1, 0.15) is 204 Å². The van der Waals surface area contributed by atoms with Gasteiger partial charge < -0.3 is 4.98 Å². The Kier molecular flexibility index (Phi) is 33.0. The first kappa shape index (κ1) is 62.0. The topological polar surface area (TPSA) is 170 Å². The molecule has 0 aliphatic carbocycles. The zero-order chi connectivity index (χ0) is 52.8. The van der Waals surface area contributed by atoms with Gasteiger partial charge in [0.2, 0.25) is 0 Å². The lowest BCUT2D eigenvalue weighted by Crippen LogP contribution is -1.93. The normalized spacial score (nSPS) is 10.1. The smallest absolute Gasteiger partial charge is 0.130 e. The molecule has 8 aromatic rings. The molecular formula is C58H83N13. The van der Waals surface area contributed by atoms with E-state index in [1.165, 1.54) is 16.8 Å². The molecule has 8 rings (SSSR count). The highest BCUT2D eigenvalue weighted by molar-refractivity contribution is 5.14. The fourth-order valence-electron chi connectivity index (χ4n) is 5.25. The summed E-state index contributed by atoms with van der Waals surface area (Å²) in [5.41, 5.74) is 8.23. The molecule has 13 heteroatoms. The third-order valence-electron chi connectivity index (χ3n) is 9.80. The van der Waals surface area contributed by atoms with Crippen LogP contribution in [0.15, 0.2) is 160 Å². The number of nitrogens with one attached hydrogen (secondary N) is 1. The van der Waals surface area contributed by atoms with E-state index >= 15 is 0 Å². The van der Waals surface area contributed by atoms with Crippen LogP contribution >= 0.6 is 0 Å². The Morgan fingerprint density at radius 2 is 0.887 bits per heavy atom. The SMILES string of the molecule is CC(C)c1ccccn1.CC(C)c1cccnc1.CC(C)c1cccnn1.CC(C)c1ccncc1.CC(C)c1ccncn1.CC(C)c1cnc[nH]1.CC(C)c1cnccn1.CC(C)c1ncccn1. The standard InChI is InChI=1S/3C8H11N.4C7H10N2.C6H10N2/c1-7(2)8-3-5-9-6-4-8;1-7(2)8-4-3-5-9-6-8;1-7(2)8-5-3-4-6-9-8;1-6(2)7-5-8-3-4-9-7;1-6(2)7-3-4-8-5-9-7;1-6(2)7-8-4-3-5-9-7;1-6(2)7-4-3-5-8-9-7;1-5(2)6-3-7-4-8-6/h3*3-7H,1-2H3;4*3-6H,1-2H3;3-5H,1-2H3,(H,7,8). The van der Waals surface area contributed by atoms with E-state index in [0.717, 1.165) is 28.6 Å². The first-order chi connectivity index (χ1) is 33.9. The number of hydrogen-bond acceptors (Lipinski definition) is 12. The molecule has 8 heterocycles. The molecule has 380 valence electrons. The summed E-state index contributed by atoms with van der Waals surface area (Å²) < 4.78 is 0. The van der Waals surface area contributed by atoms with E-state index in [1.807, 2.05) is 91.6 Å². The first-order valence-electron chi connectivity index (χ1n) is 24.7. The second-order valence-corrected chi connectivity index (χ2v) is 18.6. The minimum Gasteiger partial charge on any atom is -0.348 e. The van der Waals surface area contributed by atoms with Gasteiger partial charge in [0.1, 0.15) is 12.2 Å². The zero-order valence-corrected chi connectivity index (χ0v) is 45.5. The van der Waals surface area contributed by atoms with Crippen molar-refractivity contribution in [3.63, 3.8) is 0 Å². The number of aromatic nitrogens is 13. The van der Waals surface area contributed by atoms with E-state index < -0.39 is 0 Å². The van der Waals surface area contributed by atoms with Crippen molar-refractivity contribution in [2.75, 3.05) is 0 Å². The molecule has 0 aromatic carbocycles. The number of nitrogens with zero attached hydrogens (tertiary/aromatic N) is 12. The Hall–Kier alpha value is -7.02. The Labute approximate surface area is 426 Å². The van der Waals surface area contributed by atoms with Crippen LogP contribution in [0.5, 0.6) is 0 Å². The van der Waals surface area contributed by atoms with Crippen LogP contribution in [-0.4, -0.2) is 65.0 Å². The molecule has 0 aliphatic rings. The summed E-state index contributed by atoms with van der Waals surface area (Å²) >= 11 is 0. The van der Waals surface area contributed by atoms with Crippen molar-refractivity contribution in [1.29, 1.82) is 0 Å². The second kappa shape index (κ2) is 37.8. The van der Waals surface area contributed by atoms with Crippen molar-refractivity contribution in [3.05, 3.63) is 205 Å². The minimum absolute atomic E-state index is 0.436. The van der Waals surface area contributed by atoms with E-state index in [0.29, 0.717) is 47.3 Å². The third-order valence-corrected chi connectivity index (χ3v) is 9.80. The maximum atomic E-state index is 4.18. The molecule has 0 spiro atoms. The molecule has 0 fully saturated rings. The van der Waals surface area contributed by atoms with Crippen LogP contribution in [-0.2, 0) is 0 Å². The highest BCUT2D eigenvalue weighted by atomic mass is 15.1. The molecule has 0 saturated heterocycles. The highest BCUT2D eigenvalue weighted by Crippen LogP contribution is 2.13. The zero-order valence-electron chi connectivity index (χ0n) is 45.5. The number of pyridine rings is 3. The summed E-state index contributed by atoms with van der Waals surface area (Å²) in [6.45, 7) is 34.0. The van der Waals surface area contributed by atoms with Gasteiger partial charge in [-0.1, -0.05) is 123 Å². The fourth-order valence-corrected chi connectivity index (χ4v) is 5.25. The van der Waals surface area contributed by atoms with Gasteiger partial charge >= 0.3 is 0 Å². The molecule has 13 nitrogen and oxygen atoms in total. The van der Waals surface area contributed by atoms with Crippen LogP contribution in [0.4, 0.5) is 0 Å². The number of aromatic amines is 1. The Bertz CT molecular complexity index is 1920. The first-order valence-corrected chi connectivity index (χ1v) is 24.7. The maximum absolute atomic E-state index is 4.18.